The Morgan fingerprint density at radius 1 is 1.42 bits per heavy atom. The third kappa shape index (κ3) is 3.20. The average molecular weight is 330 g/mol. The summed E-state index contributed by atoms with van der Waals surface area (Å²) < 4.78 is 10.7. The molecule has 1 atom stereocenters. The number of carbonyl (C=O) groups excluding carboxylic acids is 1. The molecule has 7 heteroatoms. The fourth-order valence-corrected chi connectivity index (χ4v) is 2.78. The molecule has 24 heavy (non-hydrogen) atoms. The Morgan fingerprint density at radius 2 is 2.25 bits per heavy atom. The first-order valence-electron chi connectivity index (χ1n) is 8.28. The summed E-state index contributed by atoms with van der Waals surface area (Å²) in [6.07, 6.45) is 1.25. The van der Waals surface area contributed by atoms with Crippen LogP contribution in [0.15, 0.2) is 22.6 Å². The summed E-state index contributed by atoms with van der Waals surface area (Å²) in [5.74, 6) is 1.21. The third-order valence-corrected chi connectivity index (χ3v) is 4.00. The summed E-state index contributed by atoms with van der Waals surface area (Å²) in [5.41, 5.74) is 3.00. The van der Waals surface area contributed by atoms with E-state index in [1.807, 2.05) is 32.9 Å². The van der Waals surface area contributed by atoms with E-state index in [2.05, 4.69) is 21.6 Å². The molecule has 0 radical (unpaired) electrons. The molecule has 1 aromatic heterocycles. The second-order valence-corrected chi connectivity index (χ2v) is 5.70. The number of nitrogens with one attached hydrogen (secondary N) is 1. The molecule has 0 saturated heterocycles. The number of ether oxygens (including phenoxy) is 1. The zero-order valence-corrected chi connectivity index (χ0v) is 14.2. The molecule has 0 fully saturated rings. The van der Waals surface area contributed by atoms with Crippen molar-refractivity contribution in [3.63, 3.8) is 0 Å². The second kappa shape index (κ2) is 6.90. The lowest BCUT2D eigenvalue weighted by Crippen LogP contribution is -2.29. The largest absolute Gasteiger partial charge is 0.449 e. The van der Waals surface area contributed by atoms with Gasteiger partial charge < -0.3 is 14.5 Å². The number of fused-ring (bicyclic) bond motifs is 1. The Morgan fingerprint density at radius 3 is 2.96 bits per heavy atom. The molecule has 2 aromatic rings. The van der Waals surface area contributed by atoms with Crippen LogP contribution in [-0.2, 0) is 17.6 Å². The first kappa shape index (κ1) is 16.3. The summed E-state index contributed by atoms with van der Waals surface area (Å²) in [7, 11) is 0. The van der Waals surface area contributed by atoms with Crippen molar-refractivity contribution in [3.8, 4) is 0 Å². The standard InChI is InChI=1S/C17H22N4O3/c1-4-15-19-20-16(24-15)11(3)18-13-6-7-14-12(10-13)8-9-21(14)17(22)23-5-2/h6-7,10-11,18H,4-5,8-9H2,1-3H3. The first-order valence-corrected chi connectivity index (χ1v) is 8.28. The van der Waals surface area contributed by atoms with Crippen LogP contribution in [0.1, 0.15) is 44.2 Å². The van der Waals surface area contributed by atoms with Crippen LogP contribution < -0.4 is 10.2 Å². The topological polar surface area (TPSA) is 80.5 Å². The van der Waals surface area contributed by atoms with Gasteiger partial charge in [-0.2, -0.15) is 0 Å². The zero-order valence-electron chi connectivity index (χ0n) is 14.2. The highest BCUT2D eigenvalue weighted by Crippen LogP contribution is 2.32. The normalized spacial score (nSPS) is 14.4. The third-order valence-electron chi connectivity index (χ3n) is 4.00. The van der Waals surface area contributed by atoms with Crippen LogP contribution >= 0.6 is 0 Å². The van der Waals surface area contributed by atoms with E-state index in [0.29, 0.717) is 24.9 Å². The van der Waals surface area contributed by atoms with Gasteiger partial charge in [0.2, 0.25) is 11.8 Å². The minimum atomic E-state index is -0.289. The monoisotopic (exact) mass is 330 g/mol. The summed E-state index contributed by atoms with van der Waals surface area (Å²) in [4.78, 5) is 13.6. The highest BCUT2D eigenvalue weighted by molar-refractivity contribution is 5.90. The highest BCUT2D eigenvalue weighted by atomic mass is 16.6. The Balaban J connectivity index is 1.71. The van der Waals surface area contributed by atoms with E-state index in [4.69, 9.17) is 9.15 Å². The van der Waals surface area contributed by atoms with Crippen molar-refractivity contribution >= 4 is 17.5 Å². The van der Waals surface area contributed by atoms with E-state index in [1.165, 1.54) is 0 Å². The average Bonchev–Trinajstić information content (AvgIpc) is 3.21. The number of rotatable bonds is 5. The summed E-state index contributed by atoms with van der Waals surface area (Å²) in [6, 6.07) is 5.87. The lowest BCUT2D eigenvalue weighted by Gasteiger charge is -2.17. The molecule has 128 valence electrons. The Labute approximate surface area is 141 Å². The van der Waals surface area contributed by atoms with Crippen LogP contribution in [-0.4, -0.2) is 29.4 Å². The summed E-state index contributed by atoms with van der Waals surface area (Å²) in [6.45, 7) is 6.80. The summed E-state index contributed by atoms with van der Waals surface area (Å²) >= 11 is 0. The van der Waals surface area contributed by atoms with E-state index in [0.717, 1.165) is 29.8 Å². The van der Waals surface area contributed by atoms with Gasteiger partial charge in [-0.1, -0.05) is 6.92 Å². The minimum Gasteiger partial charge on any atom is -0.449 e. The highest BCUT2D eigenvalue weighted by Gasteiger charge is 2.26. The van der Waals surface area contributed by atoms with Gasteiger partial charge in [-0.15, -0.1) is 10.2 Å². The van der Waals surface area contributed by atoms with E-state index in [-0.39, 0.29) is 12.1 Å². The molecule has 1 aliphatic rings. The molecule has 3 rings (SSSR count). The molecule has 1 unspecified atom stereocenters. The smallest absolute Gasteiger partial charge is 0.414 e. The lowest BCUT2D eigenvalue weighted by molar-refractivity contribution is 0.160. The van der Waals surface area contributed by atoms with Crippen LogP contribution in [0, 0.1) is 0 Å². The molecule has 0 spiro atoms. The van der Waals surface area contributed by atoms with Gasteiger partial charge in [0.1, 0.15) is 6.04 Å². The number of hydrogen-bond donors (Lipinski definition) is 1. The Hall–Kier alpha value is -2.57. The van der Waals surface area contributed by atoms with Crippen LogP contribution in [0.25, 0.3) is 0 Å². The van der Waals surface area contributed by atoms with Crippen molar-refractivity contribution < 1.29 is 13.9 Å². The lowest BCUT2D eigenvalue weighted by atomic mass is 10.1. The van der Waals surface area contributed by atoms with Gasteiger partial charge in [-0.3, -0.25) is 4.90 Å². The van der Waals surface area contributed by atoms with Crippen molar-refractivity contribution in [3.05, 3.63) is 35.5 Å². The van der Waals surface area contributed by atoms with Crippen LogP contribution in [0.2, 0.25) is 0 Å². The minimum absolute atomic E-state index is 0.0848. The van der Waals surface area contributed by atoms with Crippen LogP contribution in [0.3, 0.4) is 0 Å². The molecule has 0 saturated carbocycles. The molecular weight excluding hydrogens is 308 g/mol. The van der Waals surface area contributed by atoms with Gasteiger partial charge in [-0.05, 0) is 44.0 Å². The zero-order chi connectivity index (χ0) is 17.1. The number of carbonyl (C=O) groups is 1. The van der Waals surface area contributed by atoms with Crippen molar-refractivity contribution in [1.29, 1.82) is 0 Å². The van der Waals surface area contributed by atoms with Crippen LogP contribution in [0.4, 0.5) is 16.2 Å². The number of aryl methyl sites for hydroxylation is 1. The van der Waals surface area contributed by atoms with Gasteiger partial charge >= 0.3 is 6.09 Å². The molecule has 1 aromatic carbocycles. The molecule has 0 aliphatic carbocycles. The predicted octanol–water partition coefficient (Wildman–Crippen LogP) is 3.32. The maximum atomic E-state index is 11.9. The van der Waals surface area contributed by atoms with Crippen molar-refractivity contribution in [2.45, 2.75) is 39.7 Å². The number of anilines is 2. The maximum Gasteiger partial charge on any atom is 0.414 e. The second-order valence-electron chi connectivity index (χ2n) is 5.70. The first-order chi connectivity index (χ1) is 11.6. The fraction of sp³-hybridized carbons (Fsp3) is 0.471. The number of aromatic nitrogens is 2. The van der Waals surface area contributed by atoms with Gasteiger partial charge in [0.05, 0.1) is 12.3 Å². The van der Waals surface area contributed by atoms with Crippen LogP contribution in [0.5, 0.6) is 0 Å². The van der Waals surface area contributed by atoms with E-state index in [9.17, 15) is 4.79 Å². The molecule has 2 heterocycles. The molecule has 1 amide bonds. The molecule has 1 N–H and O–H groups in total. The quantitative estimate of drug-likeness (QED) is 0.906. The van der Waals surface area contributed by atoms with Gasteiger partial charge in [0, 0.05) is 18.7 Å². The van der Waals surface area contributed by atoms with Gasteiger partial charge in [-0.25, -0.2) is 4.79 Å². The van der Waals surface area contributed by atoms with Gasteiger partial charge in [0.25, 0.3) is 0 Å². The number of benzene rings is 1. The van der Waals surface area contributed by atoms with Crippen molar-refractivity contribution in [1.82, 2.24) is 10.2 Å². The van der Waals surface area contributed by atoms with E-state index < -0.39 is 0 Å². The Kier molecular flexibility index (Phi) is 4.69. The summed E-state index contributed by atoms with van der Waals surface area (Å²) in [5, 5.41) is 11.4. The molecular formula is C17H22N4O3. The van der Waals surface area contributed by atoms with E-state index in [1.54, 1.807) is 4.90 Å². The van der Waals surface area contributed by atoms with Crippen molar-refractivity contribution in [2.24, 2.45) is 0 Å². The molecule has 1 aliphatic heterocycles. The SMILES string of the molecule is CCOC(=O)N1CCc2cc(NC(C)c3nnc(CC)o3)ccc21. The maximum absolute atomic E-state index is 11.9. The van der Waals surface area contributed by atoms with E-state index >= 15 is 0 Å². The number of nitrogens with zero attached hydrogens (tertiary/aromatic N) is 3. The Bertz CT molecular complexity index is 728. The molecule has 7 nitrogen and oxygen atoms in total. The van der Waals surface area contributed by atoms with Crippen molar-refractivity contribution in [2.75, 3.05) is 23.4 Å². The fourth-order valence-electron chi connectivity index (χ4n) is 2.78. The van der Waals surface area contributed by atoms with Gasteiger partial charge in [0.15, 0.2) is 0 Å². The number of amides is 1. The number of hydrogen-bond acceptors (Lipinski definition) is 6. The molecule has 0 bridgehead atoms. The predicted molar refractivity (Wildman–Crippen MR) is 90.2 cm³/mol.